The third kappa shape index (κ3) is 4.94. The summed E-state index contributed by atoms with van der Waals surface area (Å²) >= 11 is 0. The molecule has 9 heteroatoms. The second-order valence-electron chi connectivity index (χ2n) is 6.03. The second-order valence-corrected chi connectivity index (χ2v) is 6.03. The van der Waals surface area contributed by atoms with Crippen molar-refractivity contribution in [1.82, 2.24) is 15.5 Å². The lowest BCUT2D eigenvalue weighted by Crippen LogP contribution is -2.46. The van der Waals surface area contributed by atoms with Gasteiger partial charge >= 0.3 is 12.2 Å². The Kier molecular flexibility index (Phi) is 5.34. The van der Waals surface area contributed by atoms with Crippen LogP contribution in [-0.2, 0) is 16.0 Å². The van der Waals surface area contributed by atoms with Crippen LogP contribution in [0.25, 0.3) is 0 Å². The van der Waals surface area contributed by atoms with Gasteiger partial charge in [0.1, 0.15) is 18.6 Å². The molecule has 1 aromatic carbocycles. The molecule has 0 aromatic heterocycles. The first-order chi connectivity index (χ1) is 11.6. The number of amides is 4. The fourth-order valence-electron chi connectivity index (χ4n) is 2.50. The Labute approximate surface area is 142 Å². The smallest absolute Gasteiger partial charge is 0.345 e. The van der Waals surface area contributed by atoms with E-state index in [1.807, 2.05) is 30.3 Å². The summed E-state index contributed by atoms with van der Waals surface area (Å²) in [6.45, 7) is -0.730. The van der Waals surface area contributed by atoms with Gasteiger partial charge in [0.15, 0.2) is 0 Å². The van der Waals surface area contributed by atoms with Gasteiger partial charge in [-0.2, -0.15) is 13.2 Å². The Morgan fingerprint density at radius 1 is 1.24 bits per heavy atom. The number of urea groups is 1. The van der Waals surface area contributed by atoms with Gasteiger partial charge in [0.2, 0.25) is 5.91 Å². The van der Waals surface area contributed by atoms with Crippen molar-refractivity contribution < 1.29 is 27.6 Å². The van der Waals surface area contributed by atoms with Crippen LogP contribution in [0.15, 0.2) is 30.3 Å². The van der Waals surface area contributed by atoms with Gasteiger partial charge in [0.05, 0.1) is 0 Å². The van der Waals surface area contributed by atoms with Gasteiger partial charge in [0, 0.05) is 0 Å². The molecule has 2 rings (SSSR count). The van der Waals surface area contributed by atoms with E-state index in [0.717, 1.165) is 5.56 Å². The van der Waals surface area contributed by atoms with Gasteiger partial charge < -0.3 is 10.6 Å². The molecular formula is C16H18F3N3O3. The van der Waals surface area contributed by atoms with E-state index >= 15 is 0 Å². The highest BCUT2D eigenvalue weighted by molar-refractivity contribution is 6.08. The lowest BCUT2D eigenvalue weighted by Gasteiger charge is -2.21. The first-order valence-electron chi connectivity index (χ1n) is 7.62. The van der Waals surface area contributed by atoms with E-state index in [1.165, 1.54) is 6.92 Å². The minimum absolute atomic E-state index is 0.308. The Bertz CT molecular complexity index is 664. The van der Waals surface area contributed by atoms with Gasteiger partial charge in [-0.05, 0) is 25.3 Å². The highest BCUT2D eigenvalue weighted by atomic mass is 19.4. The molecule has 2 N–H and O–H groups in total. The minimum atomic E-state index is -4.56. The monoisotopic (exact) mass is 357 g/mol. The lowest BCUT2D eigenvalue weighted by atomic mass is 9.93. The van der Waals surface area contributed by atoms with Crippen LogP contribution in [0.5, 0.6) is 0 Å². The molecular weight excluding hydrogens is 339 g/mol. The van der Waals surface area contributed by atoms with Crippen molar-refractivity contribution in [3.8, 4) is 0 Å². The Morgan fingerprint density at radius 2 is 1.88 bits per heavy atom. The van der Waals surface area contributed by atoms with Crippen LogP contribution >= 0.6 is 0 Å². The molecule has 0 spiro atoms. The fraction of sp³-hybridized carbons (Fsp3) is 0.438. The third-order valence-corrected chi connectivity index (χ3v) is 3.89. The van der Waals surface area contributed by atoms with E-state index in [1.54, 1.807) is 5.32 Å². The molecule has 1 aliphatic rings. The van der Waals surface area contributed by atoms with Crippen molar-refractivity contribution in [2.45, 2.75) is 31.5 Å². The average molecular weight is 357 g/mol. The van der Waals surface area contributed by atoms with Crippen molar-refractivity contribution in [3.05, 3.63) is 35.9 Å². The zero-order valence-corrected chi connectivity index (χ0v) is 13.5. The van der Waals surface area contributed by atoms with E-state index in [4.69, 9.17) is 0 Å². The summed E-state index contributed by atoms with van der Waals surface area (Å²) in [6, 6.07) is 8.53. The molecule has 1 fully saturated rings. The SMILES string of the molecule is C[C@]1(CCc2ccccc2)NC(=O)N(CC(=O)NCC(F)(F)F)C1=O. The highest BCUT2D eigenvalue weighted by Gasteiger charge is 2.47. The quantitative estimate of drug-likeness (QED) is 0.760. The average Bonchev–Trinajstić information content (AvgIpc) is 2.75. The first-order valence-corrected chi connectivity index (χ1v) is 7.62. The van der Waals surface area contributed by atoms with Crippen LogP contribution in [-0.4, -0.2) is 47.6 Å². The predicted molar refractivity (Wildman–Crippen MR) is 82.5 cm³/mol. The topological polar surface area (TPSA) is 78.5 Å². The maximum absolute atomic E-state index is 12.4. The van der Waals surface area contributed by atoms with Gasteiger partial charge in [-0.3, -0.25) is 14.5 Å². The number of halogens is 3. The summed E-state index contributed by atoms with van der Waals surface area (Å²) in [7, 11) is 0. The number of carbonyl (C=O) groups excluding carboxylic acids is 3. The van der Waals surface area contributed by atoms with Crippen molar-refractivity contribution in [2.75, 3.05) is 13.1 Å². The molecule has 0 radical (unpaired) electrons. The summed E-state index contributed by atoms with van der Waals surface area (Å²) in [5.74, 6) is -1.68. The molecule has 4 amide bonds. The molecule has 0 aliphatic carbocycles. The molecule has 0 saturated carbocycles. The largest absolute Gasteiger partial charge is 0.405 e. The zero-order chi connectivity index (χ0) is 18.7. The summed E-state index contributed by atoms with van der Waals surface area (Å²) in [5, 5.41) is 4.15. The van der Waals surface area contributed by atoms with Crippen molar-refractivity contribution in [2.24, 2.45) is 0 Å². The lowest BCUT2D eigenvalue weighted by molar-refractivity contribution is -0.141. The number of nitrogens with one attached hydrogen (secondary N) is 2. The maximum Gasteiger partial charge on any atom is 0.405 e. The van der Waals surface area contributed by atoms with Gasteiger partial charge in [-0.15, -0.1) is 0 Å². The molecule has 1 aromatic rings. The van der Waals surface area contributed by atoms with Gasteiger partial charge in [-0.25, -0.2) is 4.79 Å². The summed E-state index contributed by atoms with van der Waals surface area (Å²) in [6.07, 6.45) is -3.73. The third-order valence-electron chi connectivity index (χ3n) is 3.89. The van der Waals surface area contributed by atoms with E-state index in [2.05, 4.69) is 5.32 Å². The van der Waals surface area contributed by atoms with Gasteiger partial charge in [0.25, 0.3) is 5.91 Å². The predicted octanol–water partition coefficient (Wildman–Crippen LogP) is 1.61. The molecule has 6 nitrogen and oxygen atoms in total. The molecule has 0 bridgehead atoms. The second kappa shape index (κ2) is 7.12. The Balaban J connectivity index is 1.95. The van der Waals surface area contributed by atoms with Crippen molar-refractivity contribution in [3.63, 3.8) is 0 Å². The summed E-state index contributed by atoms with van der Waals surface area (Å²) < 4.78 is 36.3. The molecule has 1 saturated heterocycles. The number of hydrogen-bond acceptors (Lipinski definition) is 3. The normalized spacial score (nSPS) is 20.6. The molecule has 1 heterocycles. The van der Waals surface area contributed by atoms with Crippen LogP contribution < -0.4 is 10.6 Å². The zero-order valence-electron chi connectivity index (χ0n) is 13.5. The first kappa shape index (κ1) is 18.8. The number of benzene rings is 1. The van der Waals surface area contributed by atoms with Crippen LogP contribution in [0, 0.1) is 0 Å². The maximum atomic E-state index is 12.4. The van der Waals surface area contributed by atoms with E-state index in [-0.39, 0.29) is 0 Å². The molecule has 1 atom stereocenters. The number of nitrogens with zero attached hydrogens (tertiary/aromatic N) is 1. The number of aryl methyl sites for hydroxylation is 1. The minimum Gasteiger partial charge on any atom is -0.345 e. The molecule has 0 unspecified atom stereocenters. The van der Waals surface area contributed by atoms with Crippen molar-refractivity contribution >= 4 is 17.8 Å². The highest BCUT2D eigenvalue weighted by Crippen LogP contribution is 2.23. The van der Waals surface area contributed by atoms with Crippen LogP contribution in [0.2, 0.25) is 0 Å². The summed E-state index contributed by atoms with van der Waals surface area (Å²) in [4.78, 5) is 36.6. The van der Waals surface area contributed by atoms with Gasteiger partial charge in [-0.1, -0.05) is 30.3 Å². The van der Waals surface area contributed by atoms with Crippen LogP contribution in [0.4, 0.5) is 18.0 Å². The molecule has 25 heavy (non-hydrogen) atoms. The summed E-state index contributed by atoms with van der Waals surface area (Å²) in [5.41, 5.74) is -0.218. The van der Waals surface area contributed by atoms with Crippen LogP contribution in [0.1, 0.15) is 18.9 Å². The number of alkyl halides is 3. The van der Waals surface area contributed by atoms with E-state index < -0.39 is 42.7 Å². The Hall–Kier alpha value is -2.58. The van der Waals surface area contributed by atoms with E-state index in [9.17, 15) is 27.6 Å². The standard InChI is InChI=1S/C16H18F3N3O3/c1-15(8-7-11-5-3-2-4-6-11)13(24)22(14(25)21-15)9-12(23)20-10-16(17,18)19/h2-6H,7-10H2,1H3,(H,20,23)(H,21,25)/t15-/m1/s1. The van der Waals surface area contributed by atoms with Crippen LogP contribution in [0.3, 0.4) is 0 Å². The number of imide groups is 1. The number of carbonyl (C=O) groups is 3. The van der Waals surface area contributed by atoms with Crippen molar-refractivity contribution in [1.29, 1.82) is 0 Å². The number of hydrogen-bond donors (Lipinski definition) is 2. The molecule has 136 valence electrons. The fourth-order valence-corrected chi connectivity index (χ4v) is 2.50. The molecule has 1 aliphatic heterocycles. The van der Waals surface area contributed by atoms with E-state index in [0.29, 0.717) is 17.7 Å². The number of rotatable bonds is 6. The Morgan fingerprint density at radius 3 is 2.48 bits per heavy atom.